The van der Waals surface area contributed by atoms with Crippen molar-refractivity contribution in [2.75, 3.05) is 12.4 Å². The molecule has 0 saturated heterocycles. The average Bonchev–Trinajstić information content (AvgIpc) is 2.74. The molecule has 0 aliphatic heterocycles. The zero-order valence-corrected chi connectivity index (χ0v) is 11.4. The Morgan fingerprint density at radius 2 is 2.22 bits per heavy atom. The Balaban J connectivity index is 2.16. The van der Waals surface area contributed by atoms with Crippen molar-refractivity contribution in [1.82, 2.24) is 5.16 Å². The van der Waals surface area contributed by atoms with Gasteiger partial charge >= 0.3 is 0 Å². The molecule has 1 aromatic carbocycles. The van der Waals surface area contributed by atoms with Crippen molar-refractivity contribution in [3.8, 4) is 5.75 Å². The fourth-order valence-electron chi connectivity index (χ4n) is 1.42. The van der Waals surface area contributed by atoms with E-state index in [9.17, 15) is 4.79 Å². The van der Waals surface area contributed by atoms with Gasteiger partial charge in [0.2, 0.25) is 0 Å². The van der Waals surface area contributed by atoms with Crippen molar-refractivity contribution in [2.45, 2.75) is 6.92 Å². The summed E-state index contributed by atoms with van der Waals surface area (Å²) in [7, 11) is 1.57. The van der Waals surface area contributed by atoms with Crippen LogP contribution in [0.5, 0.6) is 5.75 Å². The molecule has 0 fully saturated rings. The van der Waals surface area contributed by atoms with E-state index in [-0.39, 0.29) is 5.91 Å². The Hall–Kier alpha value is -1.82. The fourth-order valence-corrected chi connectivity index (χ4v) is 1.96. The molecule has 18 heavy (non-hydrogen) atoms. The standard InChI is InChI=1S/C12H11BrN2O3/c1-7-5-11(15-18-7)14-12(16)8-3-4-10(17-2)9(13)6-8/h3-6H,1-2H3,(H,14,15,16). The van der Waals surface area contributed by atoms with Crippen molar-refractivity contribution >= 4 is 27.7 Å². The van der Waals surface area contributed by atoms with Gasteiger partial charge in [-0.1, -0.05) is 5.16 Å². The van der Waals surface area contributed by atoms with E-state index in [2.05, 4.69) is 26.4 Å². The van der Waals surface area contributed by atoms with E-state index >= 15 is 0 Å². The van der Waals surface area contributed by atoms with Crippen LogP contribution in [0.4, 0.5) is 5.82 Å². The lowest BCUT2D eigenvalue weighted by Gasteiger charge is -2.05. The number of aryl methyl sites for hydroxylation is 1. The van der Waals surface area contributed by atoms with Crippen LogP contribution in [0.15, 0.2) is 33.3 Å². The van der Waals surface area contributed by atoms with Crippen LogP contribution in [-0.2, 0) is 0 Å². The summed E-state index contributed by atoms with van der Waals surface area (Å²) in [4.78, 5) is 11.9. The molecular weight excluding hydrogens is 300 g/mol. The number of rotatable bonds is 3. The van der Waals surface area contributed by atoms with Gasteiger partial charge in [0.25, 0.3) is 5.91 Å². The van der Waals surface area contributed by atoms with Crippen molar-refractivity contribution in [2.24, 2.45) is 0 Å². The van der Waals surface area contributed by atoms with E-state index in [1.807, 2.05) is 0 Å². The van der Waals surface area contributed by atoms with E-state index in [0.29, 0.717) is 27.4 Å². The maximum absolute atomic E-state index is 11.9. The number of hydrogen-bond acceptors (Lipinski definition) is 4. The van der Waals surface area contributed by atoms with Gasteiger partial charge in [0.15, 0.2) is 5.82 Å². The summed E-state index contributed by atoms with van der Waals surface area (Å²) in [6, 6.07) is 6.72. The molecule has 0 unspecified atom stereocenters. The quantitative estimate of drug-likeness (QED) is 0.946. The van der Waals surface area contributed by atoms with Crippen LogP contribution < -0.4 is 10.1 Å². The summed E-state index contributed by atoms with van der Waals surface area (Å²) in [6.07, 6.45) is 0. The minimum atomic E-state index is -0.258. The summed E-state index contributed by atoms with van der Waals surface area (Å²) in [5.41, 5.74) is 0.503. The first-order chi connectivity index (χ1) is 8.60. The molecule has 2 aromatic rings. The Bertz CT molecular complexity index is 580. The predicted molar refractivity (Wildman–Crippen MR) is 69.9 cm³/mol. The van der Waals surface area contributed by atoms with Gasteiger partial charge in [-0.2, -0.15) is 0 Å². The summed E-state index contributed by atoms with van der Waals surface area (Å²) >= 11 is 3.33. The first-order valence-corrected chi connectivity index (χ1v) is 5.97. The Labute approximate surface area is 112 Å². The van der Waals surface area contributed by atoms with E-state index in [1.165, 1.54) is 0 Å². The van der Waals surface area contributed by atoms with Gasteiger partial charge in [-0.3, -0.25) is 4.79 Å². The molecule has 0 spiro atoms. The SMILES string of the molecule is COc1ccc(C(=O)Nc2cc(C)on2)cc1Br. The molecule has 5 nitrogen and oxygen atoms in total. The highest BCUT2D eigenvalue weighted by Gasteiger charge is 2.11. The number of aromatic nitrogens is 1. The van der Waals surface area contributed by atoms with Gasteiger partial charge in [-0.05, 0) is 41.1 Å². The molecule has 0 radical (unpaired) electrons. The summed E-state index contributed by atoms with van der Waals surface area (Å²) in [6.45, 7) is 1.76. The lowest BCUT2D eigenvalue weighted by atomic mass is 10.2. The Morgan fingerprint density at radius 3 is 2.78 bits per heavy atom. The van der Waals surface area contributed by atoms with Crippen molar-refractivity contribution in [3.63, 3.8) is 0 Å². The Morgan fingerprint density at radius 1 is 1.44 bits per heavy atom. The van der Waals surface area contributed by atoms with Gasteiger partial charge in [-0.15, -0.1) is 0 Å². The predicted octanol–water partition coefficient (Wildman–Crippen LogP) is 3.01. The van der Waals surface area contributed by atoms with Gasteiger partial charge in [-0.25, -0.2) is 0 Å². The van der Waals surface area contributed by atoms with E-state index < -0.39 is 0 Å². The molecule has 6 heteroatoms. The fraction of sp³-hybridized carbons (Fsp3) is 0.167. The van der Waals surface area contributed by atoms with E-state index in [4.69, 9.17) is 9.26 Å². The molecule has 0 aliphatic rings. The monoisotopic (exact) mass is 310 g/mol. The van der Waals surface area contributed by atoms with Crippen LogP contribution in [0.2, 0.25) is 0 Å². The third-order valence-electron chi connectivity index (χ3n) is 2.28. The average molecular weight is 311 g/mol. The zero-order valence-electron chi connectivity index (χ0n) is 9.86. The number of carbonyl (C=O) groups is 1. The lowest BCUT2D eigenvalue weighted by molar-refractivity contribution is 0.102. The number of nitrogens with one attached hydrogen (secondary N) is 1. The van der Waals surface area contributed by atoms with Crippen LogP contribution in [0.3, 0.4) is 0 Å². The summed E-state index contributed by atoms with van der Waals surface area (Å²) < 4.78 is 10.7. The number of amides is 1. The summed E-state index contributed by atoms with van der Waals surface area (Å²) in [5, 5.41) is 6.33. The van der Waals surface area contributed by atoms with Crippen LogP contribution in [0.1, 0.15) is 16.1 Å². The molecule has 1 heterocycles. The molecule has 0 saturated carbocycles. The number of hydrogen-bond donors (Lipinski definition) is 1. The molecule has 0 atom stereocenters. The topological polar surface area (TPSA) is 64.4 Å². The summed E-state index contributed by atoms with van der Waals surface area (Å²) in [5.74, 6) is 1.45. The largest absolute Gasteiger partial charge is 0.496 e. The van der Waals surface area contributed by atoms with E-state index in [1.54, 1.807) is 38.3 Å². The number of anilines is 1. The number of benzene rings is 1. The second-order valence-corrected chi connectivity index (χ2v) is 4.48. The third kappa shape index (κ3) is 2.70. The first kappa shape index (κ1) is 12.6. The number of halogens is 1. The maximum atomic E-state index is 11.9. The van der Waals surface area contributed by atoms with Gasteiger partial charge in [0.05, 0.1) is 11.6 Å². The molecule has 0 aliphatic carbocycles. The number of ether oxygens (including phenoxy) is 1. The highest BCUT2D eigenvalue weighted by atomic mass is 79.9. The minimum Gasteiger partial charge on any atom is -0.496 e. The molecule has 94 valence electrons. The molecule has 0 bridgehead atoms. The van der Waals surface area contributed by atoms with Gasteiger partial charge in [0.1, 0.15) is 11.5 Å². The second kappa shape index (κ2) is 5.22. The van der Waals surface area contributed by atoms with Crippen molar-refractivity contribution in [1.29, 1.82) is 0 Å². The molecular formula is C12H11BrN2O3. The number of methoxy groups -OCH3 is 1. The van der Waals surface area contributed by atoms with Gasteiger partial charge < -0.3 is 14.6 Å². The third-order valence-corrected chi connectivity index (χ3v) is 2.90. The Kier molecular flexibility index (Phi) is 3.66. The van der Waals surface area contributed by atoms with Crippen molar-refractivity contribution < 1.29 is 14.1 Å². The smallest absolute Gasteiger partial charge is 0.256 e. The van der Waals surface area contributed by atoms with Crippen LogP contribution in [0, 0.1) is 6.92 Å². The maximum Gasteiger partial charge on any atom is 0.256 e. The second-order valence-electron chi connectivity index (χ2n) is 3.63. The van der Waals surface area contributed by atoms with Gasteiger partial charge in [0, 0.05) is 11.6 Å². The number of carbonyl (C=O) groups excluding carboxylic acids is 1. The normalized spacial score (nSPS) is 10.2. The molecule has 1 N–H and O–H groups in total. The minimum absolute atomic E-state index is 0.258. The molecule has 1 amide bonds. The number of nitrogens with zero attached hydrogens (tertiary/aromatic N) is 1. The first-order valence-electron chi connectivity index (χ1n) is 5.18. The van der Waals surface area contributed by atoms with Crippen LogP contribution >= 0.6 is 15.9 Å². The van der Waals surface area contributed by atoms with Crippen molar-refractivity contribution in [3.05, 3.63) is 40.1 Å². The zero-order chi connectivity index (χ0) is 13.1. The van der Waals surface area contributed by atoms with Crippen LogP contribution in [-0.4, -0.2) is 18.2 Å². The molecule has 1 aromatic heterocycles. The lowest BCUT2D eigenvalue weighted by Crippen LogP contribution is -2.12. The highest BCUT2D eigenvalue weighted by molar-refractivity contribution is 9.10. The highest BCUT2D eigenvalue weighted by Crippen LogP contribution is 2.25. The van der Waals surface area contributed by atoms with Crippen LogP contribution in [0.25, 0.3) is 0 Å². The molecule has 2 rings (SSSR count). The van der Waals surface area contributed by atoms with E-state index in [0.717, 1.165) is 0 Å².